The molecule has 1 aromatic heterocycles. The highest BCUT2D eigenvalue weighted by Gasteiger charge is 2.18. The second-order valence-electron chi connectivity index (χ2n) is 4.31. The zero-order chi connectivity index (χ0) is 15.2. The number of anilines is 1. The fraction of sp³-hybridized carbons (Fsp3) is 0.286. The zero-order valence-corrected chi connectivity index (χ0v) is 11.9. The first kappa shape index (κ1) is 14.7. The molecule has 0 radical (unpaired) electrons. The summed E-state index contributed by atoms with van der Waals surface area (Å²) < 4.78 is 5.49. The van der Waals surface area contributed by atoms with Crippen molar-refractivity contribution in [2.24, 2.45) is 0 Å². The third-order valence-corrected chi connectivity index (χ3v) is 2.79. The van der Waals surface area contributed by atoms with Gasteiger partial charge in [-0.3, -0.25) is 10.1 Å². The van der Waals surface area contributed by atoms with E-state index in [1.807, 2.05) is 6.92 Å². The lowest BCUT2D eigenvalue weighted by Crippen LogP contribution is -2.01. The predicted octanol–water partition coefficient (Wildman–Crippen LogP) is 2.88. The standard InChI is InChI=1S/C14H16N4O3/c1-3-8-21-11-6-4-10(5-7-11)13-12(18(19)20)9-16-14(15-2)17-13/h4-7,9H,3,8H2,1-2H3,(H,15,16,17). The summed E-state index contributed by atoms with van der Waals surface area (Å²) in [5, 5.41) is 13.9. The van der Waals surface area contributed by atoms with Gasteiger partial charge in [0.15, 0.2) is 5.69 Å². The van der Waals surface area contributed by atoms with Gasteiger partial charge in [-0.25, -0.2) is 9.97 Å². The molecular formula is C14H16N4O3. The van der Waals surface area contributed by atoms with Crippen molar-refractivity contribution in [3.63, 3.8) is 0 Å². The van der Waals surface area contributed by atoms with E-state index in [4.69, 9.17) is 4.74 Å². The Hall–Kier alpha value is -2.70. The minimum atomic E-state index is -0.490. The number of nitrogens with one attached hydrogen (secondary N) is 1. The molecule has 21 heavy (non-hydrogen) atoms. The van der Waals surface area contributed by atoms with Crippen LogP contribution in [0.3, 0.4) is 0 Å². The second kappa shape index (κ2) is 6.65. The summed E-state index contributed by atoms with van der Waals surface area (Å²) in [6.07, 6.45) is 2.13. The van der Waals surface area contributed by atoms with Crippen LogP contribution < -0.4 is 10.1 Å². The molecule has 7 heteroatoms. The molecule has 1 aromatic carbocycles. The van der Waals surface area contributed by atoms with Crippen LogP contribution >= 0.6 is 0 Å². The Morgan fingerprint density at radius 2 is 2.05 bits per heavy atom. The monoisotopic (exact) mass is 288 g/mol. The molecule has 0 spiro atoms. The van der Waals surface area contributed by atoms with Gasteiger partial charge in [-0.15, -0.1) is 0 Å². The van der Waals surface area contributed by atoms with Gasteiger partial charge in [0.2, 0.25) is 5.95 Å². The first-order valence-corrected chi connectivity index (χ1v) is 6.58. The molecule has 0 fully saturated rings. The molecule has 2 rings (SSSR count). The number of aromatic nitrogens is 2. The van der Waals surface area contributed by atoms with E-state index in [2.05, 4.69) is 15.3 Å². The van der Waals surface area contributed by atoms with Crippen LogP contribution in [0.4, 0.5) is 11.6 Å². The quantitative estimate of drug-likeness (QED) is 0.649. The first-order chi connectivity index (χ1) is 10.2. The second-order valence-corrected chi connectivity index (χ2v) is 4.31. The van der Waals surface area contributed by atoms with Crippen molar-refractivity contribution in [2.75, 3.05) is 19.0 Å². The topological polar surface area (TPSA) is 90.2 Å². The normalized spacial score (nSPS) is 10.2. The molecular weight excluding hydrogens is 272 g/mol. The highest BCUT2D eigenvalue weighted by molar-refractivity contribution is 5.70. The molecule has 0 aliphatic rings. The first-order valence-electron chi connectivity index (χ1n) is 6.58. The van der Waals surface area contributed by atoms with Crippen molar-refractivity contribution in [3.8, 4) is 17.0 Å². The Morgan fingerprint density at radius 3 is 2.62 bits per heavy atom. The molecule has 0 atom stereocenters. The lowest BCUT2D eigenvalue weighted by Gasteiger charge is -2.07. The largest absolute Gasteiger partial charge is 0.494 e. The van der Waals surface area contributed by atoms with Gasteiger partial charge in [0.1, 0.15) is 11.9 Å². The molecule has 7 nitrogen and oxygen atoms in total. The van der Waals surface area contributed by atoms with Gasteiger partial charge in [-0.2, -0.15) is 0 Å². The molecule has 1 N–H and O–H groups in total. The molecule has 1 heterocycles. The minimum absolute atomic E-state index is 0.128. The zero-order valence-electron chi connectivity index (χ0n) is 11.9. The Morgan fingerprint density at radius 1 is 1.33 bits per heavy atom. The molecule has 110 valence electrons. The highest BCUT2D eigenvalue weighted by atomic mass is 16.6. The van der Waals surface area contributed by atoms with Crippen molar-refractivity contribution in [2.45, 2.75) is 13.3 Å². The Kier molecular flexibility index (Phi) is 4.65. The van der Waals surface area contributed by atoms with E-state index in [0.29, 0.717) is 18.1 Å². The van der Waals surface area contributed by atoms with Crippen LogP contribution in [0.1, 0.15) is 13.3 Å². The maximum atomic E-state index is 11.1. The van der Waals surface area contributed by atoms with Crippen LogP contribution in [0.2, 0.25) is 0 Å². The van der Waals surface area contributed by atoms with Crippen LogP contribution in [0.5, 0.6) is 5.75 Å². The van der Waals surface area contributed by atoms with E-state index in [1.54, 1.807) is 31.3 Å². The van der Waals surface area contributed by atoms with Gasteiger partial charge in [-0.05, 0) is 30.7 Å². The van der Waals surface area contributed by atoms with Crippen LogP contribution in [0.25, 0.3) is 11.3 Å². The number of nitrogens with zero attached hydrogens (tertiary/aromatic N) is 3. The summed E-state index contributed by atoms with van der Waals surface area (Å²) in [6.45, 7) is 2.66. The van der Waals surface area contributed by atoms with E-state index in [-0.39, 0.29) is 11.4 Å². The Labute approximate surface area is 122 Å². The van der Waals surface area contributed by atoms with Gasteiger partial charge in [0.25, 0.3) is 0 Å². The fourth-order valence-electron chi connectivity index (χ4n) is 1.77. The van der Waals surface area contributed by atoms with Crippen molar-refractivity contribution in [1.82, 2.24) is 9.97 Å². The average molecular weight is 288 g/mol. The third kappa shape index (κ3) is 3.44. The third-order valence-electron chi connectivity index (χ3n) is 2.79. The van der Waals surface area contributed by atoms with Crippen molar-refractivity contribution < 1.29 is 9.66 Å². The molecule has 0 aliphatic carbocycles. The maximum absolute atomic E-state index is 11.1. The van der Waals surface area contributed by atoms with E-state index < -0.39 is 4.92 Å². The van der Waals surface area contributed by atoms with Crippen LogP contribution in [-0.4, -0.2) is 28.5 Å². The molecule has 0 saturated carbocycles. The summed E-state index contributed by atoms with van der Waals surface area (Å²) in [5.41, 5.74) is 0.794. The molecule has 0 bridgehead atoms. The number of hydrogen-bond acceptors (Lipinski definition) is 6. The number of benzene rings is 1. The summed E-state index contributed by atoms with van der Waals surface area (Å²) in [5.74, 6) is 1.06. The Balaban J connectivity index is 2.37. The maximum Gasteiger partial charge on any atom is 0.313 e. The lowest BCUT2D eigenvalue weighted by molar-refractivity contribution is -0.384. The van der Waals surface area contributed by atoms with Gasteiger partial charge in [0.05, 0.1) is 11.5 Å². The molecule has 0 saturated heterocycles. The van der Waals surface area contributed by atoms with Gasteiger partial charge in [0, 0.05) is 12.6 Å². The number of rotatable bonds is 6. The van der Waals surface area contributed by atoms with Crippen LogP contribution in [-0.2, 0) is 0 Å². The minimum Gasteiger partial charge on any atom is -0.494 e. The van der Waals surface area contributed by atoms with Gasteiger partial charge in [-0.1, -0.05) is 6.92 Å². The predicted molar refractivity (Wildman–Crippen MR) is 79.5 cm³/mol. The van der Waals surface area contributed by atoms with Gasteiger partial charge < -0.3 is 10.1 Å². The summed E-state index contributed by atoms with van der Waals surface area (Å²) in [7, 11) is 1.66. The SMILES string of the molecule is CCCOc1ccc(-c2nc(NC)ncc2[N+](=O)[O-])cc1. The highest BCUT2D eigenvalue weighted by Crippen LogP contribution is 2.29. The fourth-order valence-corrected chi connectivity index (χ4v) is 1.77. The number of nitro groups is 1. The van der Waals surface area contributed by atoms with E-state index >= 15 is 0 Å². The Bertz CT molecular complexity index is 629. The smallest absolute Gasteiger partial charge is 0.313 e. The van der Waals surface area contributed by atoms with Crippen LogP contribution in [0, 0.1) is 10.1 Å². The molecule has 0 unspecified atom stereocenters. The van der Waals surface area contributed by atoms with Crippen LogP contribution in [0.15, 0.2) is 30.5 Å². The summed E-state index contributed by atoms with van der Waals surface area (Å²) in [6, 6.07) is 7.05. The number of hydrogen-bond donors (Lipinski definition) is 1. The molecule has 0 aliphatic heterocycles. The van der Waals surface area contributed by atoms with Gasteiger partial charge >= 0.3 is 5.69 Å². The van der Waals surface area contributed by atoms with Crippen molar-refractivity contribution in [1.29, 1.82) is 0 Å². The number of ether oxygens (including phenoxy) is 1. The summed E-state index contributed by atoms with van der Waals surface area (Å²) in [4.78, 5) is 18.6. The molecule has 2 aromatic rings. The van der Waals surface area contributed by atoms with Crippen molar-refractivity contribution in [3.05, 3.63) is 40.6 Å². The lowest BCUT2D eigenvalue weighted by atomic mass is 10.1. The molecule has 0 amide bonds. The summed E-state index contributed by atoms with van der Waals surface area (Å²) >= 11 is 0. The van der Waals surface area contributed by atoms with Crippen molar-refractivity contribution >= 4 is 11.6 Å². The van der Waals surface area contributed by atoms with E-state index in [0.717, 1.165) is 12.2 Å². The van der Waals surface area contributed by atoms with E-state index in [9.17, 15) is 10.1 Å². The average Bonchev–Trinajstić information content (AvgIpc) is 2.52. The van der Waals surface area contributed by atoms with E-state index in [1.165, 1.54) is 6.20 Å².